The van der Waals surface area contributed by atoms with Gasteiger partial charge in [0.05, 0.1) is 10.5 Å². The number of ketones is 2. The van der Waals surface area contributed by atoms with E-state index in [1.165, 1.54) is 12.1 Å². The zero-order valence-corrected chi connectivity index (χ0v) is 20.1. The number of hydrogen-bond donors (Lipinski definition) is 1. The van der Waals surface area contributed by atoms with Crippen LogP contribution in [-0.4, -0.2) is 20.0 Å². The van der Waals surface area contributed by atoms with Gasteiger partial charge in [-0.2, -0.15) is 0 Å². The van der Waals surface area contributed by atoms with E-state index in [1.54, 1.807) is 42.5 Å². The summed E-state index contributed by atoms with van der Waals surface area (Å²) in [5, 5.41) is 1.43. The molecule has 2 aliphatic carbocycles. The smallest absolute Gasteiger partial charge is 0.209 e. The van der Waals surface area contributed by atoms with Crippen LogP contribution < -0.4 is 5.73 Å². The van der Waals surface area contributed by atoms with Crippen molar-refractivity contribution in [3.05, 3.63) is 100.0 Å². The fraction of sp³-hybridized carbons (Fsp3) is 0.214. The van der Waals surface area contributed by atoms with E-state index in [4.69, 9.17) is 10.5 Å². The van der Waals surface area contributed by atoms with Crippen molar-refractivity contribution in [1.82, 2.24) is 0 Å². The molecule has 176 valence electrons. The number of rotatable bonds is 2. The van der Waals surface area contributed by atoms with Crippen molar-refractivity contribution < 1.29 is 22.7 Å². The van der Waals surface area contributed by atoms with Gasteiger partial charge in [0.1, 0.15) is 16.1 Å². The Morgan fingerprint density at radius 3 is 2.29 bits per heavy atom. The molecule has 1 aliphatic heterocycles. The first kappa shape index (κ1) is 21.8. The monoisotopic (exact) mass is 485 g/mol. The number of Topliss-reactive ketones (excluding diaryl/α,β-unsaturated/α-hetero) is 2. The van der Waals surface area contributed by atoms with Crippen LogP contribution in [0.25, 0.3) is 10.8 Å². The number of fused-ring (bicyclic) bond motifs is 2. The summed E-state index contributed by atoms with van der Waals surface area (Å²) in [5.74, 6) is -0.863. The number of nitrogens with two attached hydrogens (primary N) is 1. The molecule has 3 aromatic carbocycles. The van der Waals surface area contributed by atoms with E-state index in [9.17, 15) is 18.0 Å². The third-order valence-corrected chi connectivity index (χ3v) is 9.16. The lowest BCUT2D eigenvalue weighted by Crippen LogP contribution is -2.49. The van der Waals surface area contributed by atoms with Gasteiger partial charge in [-0.15, -0.1) is 0 Å². The Morgan fingerprint density at radius 1 is 0.886 bits per heavy atom. The predicted molar refractivity (Wildman–Crippen MR) is 131 cm³/mol. The molecule has 0 aromatic heterocycles. The maximum Gasteiger partial charge on any atom is 0.209 e. The minimum absolute atomic E-state index is 0.0236. The molecule has 6 rings (SSSR count). The lowest BCUT2D eigenvalue weighted by atomic mass is 9.64. The molecule has 3 aromatic rings. The van der Waals surface area contributed by atoms with E-state index in [0.717, 1.165) is 5.39 Å². The number of benzene rings is 3. The molecule has 0 bridgehead atoms. The van der Waals surface area contributed by atoms with Gasteiger partial charge in [0.2, 0.25) is 15.7 Å². The second-order valence-electron chi connectivity index (χ2n) is 10.1. The molecular weight excluding hydrogens is 462 g/mol. The Labute approximate surface area is 203 Å². The summed E-state index contributed by atoms with van der Waals surface area (Å²) in [5.41, 5.74) is 5.00. The summed E-state index contributed by atoms with van der Waals surface area (Å²) in [7, 11) is -4.33. The number of allylic oxidation sites excluding steroid dienone is 3. The van der Waals surface area contributed by atoms with Crippen LogP contribution in [0.2, 0.25) is 0 Å². The zero-order valence-electron chi connectivity index (χ0n) is 19.3. The molecule has 0 saturated heterocycles. The molecule has 7 heteroatoms. The second-order valence-corrected chi connectivity index (χ2v) is 12.0. The molecule has 0 fully saturated rings. The third-order valence-electron chi connectivity index (χ3n) is 7.22. The van der Waals surface area contributed by atoms with Crippen LogP contribution in [0, 0.1) is 5.41 Å². The number of carbonyl (C=O) groups is 2. The Kier molecular flexibility index (Phi) is 4.31. The number of carbonyl (C=O) groups excluding carboxylic acids is 2. The van der Waals surface area contributed by atoms with Crippen LogP contribution in [0.15, 0.2) is 93.7 Å². The molecule has 1 spiro atoms. The number of sulfone groups is 1. The first-order chi connectivity index (χ1) is 16.6. The van der Waals surface area contributed by atoms with Gasteiger partial charge in [0, 0.05) is 18.4 Å². The second kappa shape index (κ2) is 6.92. The molecule has 0 amide bonds. The highest BCUT2D eigenvalue weighted by molar-refractivity contribution is 7.95. The Hall–Kier alpha value is -3.71. The van der Waals surface area contributed by atoms with Gasteiger partial charge in [0.25, 0.3) is 0 Å². The van der Waals surface area contributed by atoms with Crippen LogP contribution in [0.4, 0.5) is 0 Å². The van der Waals surface area contributed by atoms with Crippen molar-refractivity contribution in [3.63, 3.8) is 0 Å². The molecular formula is C28H23NO5S. The molecule has 35 heavy (non-hydrogen) atoms. The fourth-order valence-corrected chi connectivity index (χ4v) is 7.70. The summed E-state index contributed by atoms with van der Waals surface area (Å²) in [4.78, 5) is 27.8. The minimum atomic E-state index is -4.33. The molecule has 1 heterocycles. The standard InChI is InChI=1S/C28H23NO5S/c1-27(2)14-20(30)23-21(15-27)34-26(29)25(35(32,33)17-10-4-3-5-11-17)28(23)19-13-7-9-16-8-6-12-18(22(16)19)24(28)31/h3-13H,14-15,29H2,1-2H3. The highest BCUT2D eigenvalue weighted by Crippen LogP contribution is 2.59. The average Bonchev–Trinajstić information content (AvgIpc) is 3.03. The molecule has 0 saturated carbocycles. The minimum Gasteiger partial charge on any atom is -0.444 e. The molecule has 0 radical (unpaired) electrons. The van der Waals surface area contributed by atoms with Crippen molar-refractivity contribution in [2.45, 2.75) is 37.0 Å². The highest BCUT2D eigenvalue weighted by Gasteiger charge is 2.63. The molecule has 2 N–H and O–H groups in total. The van der Waals surface area contributed by atoms with Crippen LogP contribution >= 0.6 is 0 Å². The average molecular weight is 486 g/mol. The van der Waals surface area contributed by atoms with Crippen LogP contribution in [-0.2, 0) is 24.8 Å². The summed E-state index contributed by atoms with van der Waals surface area (Å²) < 4.78 is 34.3. The van der Waals surface area contributed by atoms with Gasteiger partial charge >= 0.3 is 0 Å². The van der Waals surface area contributed by atoms with Crippen molar-refractivity contribution in [2.75, 3.05) is 0 Å². The zero-order chi connectivity index (χ0) is 24.8. The largest absolute Gasteiger partial charge is 0.444 e. The fourth-order valence-electron chi connectivity index (χ4n) is 5.94. The first-order valence-corrected chi connectivity index (χ1v) is 12.9. The summed E-state index contributed by atoms with van der Waals surface area (Å²) in [6.45, 7) is 3.87. The van der Waals surface area contributed by atoms with E-state index < -0.39 is 26.5 Å². The SMILES string of the molecule is CC1(C)CC(=O)C2=C(C1)OC(N)=C(S(=O)(=O)c1ccccc1)C21C(=O)c2cccc3cccc1c23. The summed E-state index contributed by atoms with van der Waals surface area (Å²) in [6, 6.07) is 18.5. The van der Waals surface area contributed by atoms with Gasteiger partial charge in [-0.25, -0.2) is 8.42 Å². The molecule has 3 aliphatic rings. The normalized spacial score (nSPS) is 23.1. The van der Waals surface area contributed by atoms with Gasteiger partial charge in [-0.1, -0.05) is 68.4 Å². The van der Waals surface area contributed by atoms with E-state index >= 15 is 0 Å². The Bertz CT molecular complexity index is 1640. The summed E-state index contributed by atoms with van der Waals surface area (Å²) in [6.07, 6.45) is 0.518. The van der Waals surface area contributed by atoms with Crippen LogP contribution in [0.1, 0.15) is 42.6 Å². The Balaban J connectivity index is 1.77. The lowest BCUT2D eigenvalue weighted by Gasteiger charge is -2.43. The van der Waals surface area contributed by atoms with E-state index in [1.807, 2.05) is 26.0 Å². The van der Waals surface area contributed by atoms with Gasteiger partial charge in [-0.05, 0) is 33.9 Å². The van der Waals surface area contributed by atoms with Crippen molar-refractivity contribution in [1.29, 1.82) is 0 Å². The van der Waals surface area contributed by atoms with Crippen LogP contribution in [0.3, 0.4) is 0 Å². The maximum absolute atomic E-state index is 14.5. The van der Waals surface area contributed by atoms with Gasteiger partial charge < -0.3 is 10.5 Å². The topological polar surface area (TPSA) is 104 Å². The quantitative estimate of drug-likeness (QED) is 0.571. The number of ether oxygens (including phenoxy) is 1. The Morgan fingerprint density at radius 2 is 1.57 bits per heavy atom. The summed E-state index contributed by atoms with van der Waals surface area (Å²) >= 11 is 0. The lowest BCUT2D eigenvalue weighted by molar-refractivity contribution is -0.119. The molecule has 1 atom stereocenters. The van der Waals surface area contributed by atoms with E-state index in [0.29, 0.717) is 22.9 Å². The van der Waals surface area contributed by atoms with Crippen molar-refractivity contribution >= 4 is 32.2 Å². The van der Waals surface area contributed by atoms with E-state index in [2.05, 4.69) is 0 Å². The predicted octanol–water partition coefficient (Wildman–Crippen LogP) is 4.55. The van der Waals surface area contributed by atoms with Crippen molar-refractivity contribution in [3.8, 4) is 0 Å². The highest BCUT2D eigenvalue weighted by atomic mass is 32.2. The number of hydrogen-bond acceptors (Lipinski definition) is 6. The van der Waals surface area contributed by atoms with Gasteiger partial charge in [0.15, 0.2) is 11.6 Å². The molecule has 6 nitrogen and oxygen atoms in total. The third kappa shape index (κ3) is 2.73. The van der Waals surface area contributed by atoms with Crippen molar-refractivity contribution in [2.24, 2.45) is 11.1 Å². The van der Waals surface area contributed by atoms with E-state index in [-0.39, 0.29) is 39.2 Å². The first-order valence-electron chi connectivity index (χ1n) is 11.4. The van der Waals surface area contributed by atoms with Gasteiger partial charge in [-0.3, -0.25) is 9.59 Å². The maximum atomic E-state index is 14.5. The molecule has 1 unspecified atom stereocenters. The van der Waals surface area contributed by atoms with Crippen LogP contribution in [0.5, 0.6) is 0 Å².